The highest BCUT2D eigenvalue weighted by Gasteiger charge is 2.12. The zero-order valence-corrected chi connectivity index (χ0v) is 8.12. The van der Waals surface area contributed by atoms with Gasteiger partial charge in [0.15, 0.2) is 0 Å². The van der Waals surface area contributed by atoms with Crippen molar-refractivity contribution in [3.8, 4) is 0 Å². The average molecular weight is 186 g/mol. The van der Waals surface area contributed by atoms with Crippen molar-refractivity contribution in [2.75, 3.05) is 0 Å². The van der Waals surface area contributed by atoms with E-state index in [2.05, 4.69) is 0 Å². The Morgan fingerprint density at radius 1 is 1.23 bits per heavy atom. The van der Waals surface area contributed by atoms with Gasteiger partial charge in [0.1, 0.15) is 17.7 Å². The Balaban J connectivity index is 3.78. The number of ether oxygens (including phenoxy) is 1. The Labute approximate surface area is 77.3 Å². The Hall–Kier alpha value is -1.19. The molecule has 0 aliphatic rings. The lowest BCUT2D eigenvalue weighted by atomic mass is 10.1. The zero-order valence-electron chi connectivity index (χ0n) is 8.12. The van der Waals surface area contributed by atoms with Crippen LogP contribution in [0.1, 0.15) is 33.6 Å². The van der Waals surface area contributed by atoms with E-state index < -0.39 is 12.1 Å². The van der Waals surface area contributed by atoms with E-state index in [1.54, 1.807) is 6.92 Å². The summed E-state index contributed by atoms with van der Waals surface area (Å²) in [4.78, 5) is 32.0. The molecule has 0 saturated carbocycles. The third-order valence-corrected chi connectivity index (χ3v) is 1.33. The summed E-state index contributed by atoms with van der Waals surface area (Å²) in [5.41, 5.74) is 0. The van der Waals surface area contributed by atoms with Gasteiger partial charge in [-0.1, -0.05) is 0 Å². The summed E-state index contributed by atoms with van der Waals surface area (Å²) in [5.74, 6) is -0.774. The van der Waals surface area contributed by atoms with Gasteiger partial charge in [0.25, 0.3) is 0 Å². The summed E-state index contributed by atoms with van der Waals surface area (Å²) in [6.07, 6.45) is -0.408. The number of esters is 1. The molecule has 4 nitrogen and oxygen atoms in total. The van der Waals surface area contributed by atoms with Crippen molar-refractivity contribution in [1.82, 2.24) is 0 Å². The monoisotopic (exact) mass is 186 g/mol. The van der Waals surface area contributed by atoms with Gasteiger partial charge in [-0.25, -0.2) is 0 Å². The molecule has 0 aliphatic carbocycles. The van der Waals surface area contributed by atoms with E-state index in [4.69, 9.17) is 4.74 Å². The van der Waals surface area contributed by atoms with Gasteiger partial charge in [0.05, 0.1) is 6.42 Å². The molecule has 0 fully saturated rings. The lowest BCUT2D eigenvalue weighted by Crippen LogP contribution is -2.18. The van der Waals surface area contributed by atoms with Crippen molar-refractivity contribution in [2.45, 2.75) is 39.7 Å². The van der Waals surface area contributed by atoms with Crippen LogP contribution in [-0.4, -0.2) is 23.6 Å². The molecule has 0 aromatic heterocycles. The van der Waals surface area contributed by atoms with E-state index in [1.807, 2.05) is 0 Å². The van der Waals surface area contributed by atoms with Crippen molar-refractivity contribution in [3.05, 3.63) is 0 Å². The van der Waals surface area contributed by atoms with Gasteiger partial charge in [-0.15, -0.1) is 0 Å². The summed E-state index contributed by atoms with van der Waals surface area (Å²) >= 11 is 0. The highest BCUT2D eigenvalue weighted by molar-refractivity contribution is 5.98. The first-order valence-corrected chi connectivity index (χ1v) is 4.10. The van der Waals surface area contributed by atoms with E-state index in [0.29, 0.717) is 0 Å². The third-order valence-electron chi connectivity index (χ3n) is 1.33. The van der Waals surface area contributed by atoms with Crippen LogP contribution in [0.15, 0.2) is 0 Å². The largest absolute Gasteiger partial charge is 0.462 e. The molecule has 74 valence electrons. The van der Waals surface area contributed by atoms with Crippen LogP contribution in [0.4, 0.5) is 0 Å². The molecule has 0 N–H and O–H groups in total. The van der Waals surface area contributed by atoms with Crippen LogP contribution in [0.2, 0.25) is 0 Å². The predicted molar refractivity (Wildman–Crippen MR) is 46.2 cm³/mol. The van der Waals surface area contributed by atoms with Crippen LogP contribution >= 0.6 is 0 Å². The second-order valence-electron chi connectivity index (χ2n) is 3.04. The highest BCUT2D eigenvalue weighted by atomic mass is 16.5. The Bertz CT molecular complexity index is 220. The van der Waals surface area contributed by atoms with E-state index in [1.165, 1.54) is 13.8 Å². The van der Waals surface area contributed by atoms with Gasteiger partial charge in [-0.2, -0.15) is 0 Å². The number of hydrogen-bond acceptors (Lipinski definition) is 4. The molecule has 0 rings (SSSR count). The van der Waals surface area contributed by atoms with Crippen LogP contribution < -0.4 is 0 Å². The molecule has 0 radical (unpaired) electrons. The first kappa shape index (κ1) is 11.8. The van der Waals surface area contributed by atoms with E-state index in [0.717, 1.165) is 0 Å². The lowest BCUT2D eigenvalue weighted by molar-refractivity contribution is -0.146. The topological polar surface area (TPSA) is 60.4 Å². The molecule has 0 saturated heterocycles. The van der Waals surface area contributed by atoms with Gasteiger partial charge < -0.3 is 4.74 Å². The van der Waals surface area contributed by atoms with Crippen LogP contribution in [0.3, 0.4) is 0 Å². The van der Waals surface area contributed by atoms with E-state index >= 15 is 0 Å². The minimum absolute atomic E-state index is 0.0778. The van der Waals surface area contributed by atoms with Gasteiger partial charge >= 0.3 is 5.97 Å². The molecule has 1 atom stereocenters. The van der Waals surface area contributed by atoms with Gasteiger partial charge in [-0.3, -0.25) is 14.4 Å². The number of ketones is 2. The number of Topliss-reactive ketones (excluding diaryl/α,β-unsaturated/α-hetero) is 2. The highest BCUT2D eigenvalue weighted by Crippen LogP contribution is 2.01. The van der Waals surface area contributed by atoms with Crippen LogP contribution in [-0.2, 0) is 19.1 Å². The molecule has 0 aromatic carbocycles. The summed E-state index contributed by atoms with van der Waals surface area (Å²) < 4.78 is 4.73. The SMILES string of the molecule is CC(=O)CC(=O)CC(C)OC(C)=O. The lowest BCUT2D eigenvalue weighted by Gasteiger charge is -2.09. The summed E-state index contributed by atoms with van der Waals surface area (Å²) in [7, 11) is 0. The number of hydrogen-bond donors (Lipinski definition) is 0. The number of rotatable bonds is 5. The van der Waals surface area contributed by atoms with Crippen LogP contribution in [0.25, 0.3) is 0 Å². The fourth-order valence-electron chi connectivity index (χ4n) is 0.995. The molecule has 0 amide bonds. The summed E-state index contributed by atoms with van der Waals surface area (Å²) in [6.45, 7) is 4.26. The second kappa shape index (κ2) is 5.45. The van der Waals surface area contributed by atoms with Gasteiger partial charge in [0, 0.05) is 13.3 Å². The molecule has 0 bridgehead atoms. The molecular formula is C9H14O4. The first-order chi connectivity index (χ1) is 5.91. The Kier molecular flexibility index (Phi) is 4.96. The maximum Gasteiger partial charge on any atom is 0.302 e. The normalized spacial score (nSPS) is 11.9. The van der Waals surface area contributed by atoms with E-state index in [9.17, 15) is 14.4 Å². The van der Waals surface area contributed by atoms with Crippen LogP contribution in [0, 0.1) is 0 Å². The maximum absolute atomic E-state index is 11.0. The molecule has 0 spiro atoms. The molecule has 1 unspecified atom stereocenters. The van der Waals surface area contributed by atoms with Crippen molar-refractivity contribution >= 4 is 17.5 Å². The molecule has 4 heteroatoms. The summed E-state index contributed by atoms with van der Waals surface area (Å²) in [6, 6.07) is 0. The van der Waals surface area contributed by atoms with Gasteiger partial charge in [0.2, 0.25) is 0 Å². The molecule has 0 aromatic rings. The van der Waals surface area contributed by atoms with Crippen LogP contribution in [0.5, 0.6) is 0 Å². The minimum Gasteiger partial charge on any atom is -0.462 e. The van der Waals surface area contributed by atoms with Crippen molar-refractivity contribution in [1.29, 1.82) is 0 Å². The fourth-order valence-corrected chi connectivity index (χ4v) is 0.995. The Morgan fingerprint density at radius 3 is 2.15 bits per heavy atom. The first-order valence-electron chi connectivity index (χ1n) is 4.10. The van der Waals surface area contributed by atoms with Crippen molar-refractivity contribution < 1.29 is 19.1 Å². The minimum atomic E-state index is -0.440. The van der Waals surface area contributed by atoms with E-state index in [-0.39, 0.29) is 24.4 Å². The fraction of sp³-hybridized carbons (Fsp3) is 0.667. The maximum atomic E-state index is 11.0. The predicted octanol–water partition coefficient (Wildman–Crippen LogP) is 0.876. The molecular weight excluding hydrogens is 172 g/mol. The molecule has 0 aliphatic heterocycles. The summed E-state index contributed by atoms with van der Waals surface area (Å²) in [5, 5.41) is 0. The van der Waals surface area contributed by atoms with Gasteiger partial charge in [-0.05, 0) is 13.8 Å². The molecule has 13 heavy (non-hydrogen) atoms. The average Bonchev–Trinajstić information content (AvgIpc) is 1.80. The Morgan fingerprint density at radius 2 is 1.77 bits per heavy atom. The number of carbonyl (C=O) groups excluding carboxylic acids is 3. The van der Waals surface area contributed by atoms with Crippen molar-refractivity contribution in [2.24, 2.45) is 0 Å². The zero-order chi connectivity index (χ0) is 10.4. The molecule has 0 heterocycles. The quantitative estimate of drug-likeness (QED) is 0.472. The van der Waals surface area contributed by atoms with Crippen molar-refractivity contribution in [3.63, 3.8) is 0 Å². The number of carbonyl (C=O) groups is 3. The second-order valence-corrected chi connectivity index (χ2v) is 3.04. The smallest absolute Gasteiger partial charge is 0.302 e. The standard InChI is InChI=1S/C9H14O4/c1-6(10)4-9(12)5-7(2)13-8(3)11/h7H,4-5H2,1-3H3. The third kappa shape index (κ3) is 7.18.